The van der Waals surface area contributed by atoms with Crippen LogP contribution in [-0.2, 0) is 0 Å². The average molecular weight is 282 g/mol. The van der Waals surface area contributed by atoms with Crippen molar-refractivity contribution in [2.75, 3.05) is 0 Å². The molecule has 1 atom stereocenters. The molecule has 2 N–H and O–H groups in total. The van der Waals surface area contributed by atoms with Gasteiger partial charge in [0.1, 0.15) is 0 Å². The number of pyridine rings is 1. The maximum atomic E-state index is 6.66. The first-order valence-corrected chi connectivity index (χ1v) is 8.31. The van der Waals surface area contributed by atoms with E-state index in [1.807, 2.05) is 0 Å². The molecule has 1 aliphatic rings. The van der Waals surface area contributed by atoms with E-state index in [0.29, 0.717) is 5.92 Å². The van der Waals surface area contributed by atoms with Gasteiger partial charge in [0.15, 0.2) is 0 Å². The zero-order valence-electron chi connectivity index (χ0n) is 13.2. The fraction of sp³-hybridized carbons (Fsp3) is 0.526. The Labute approximate surface area is 127 Å². The Morgan fingerprint density at radius 3 is 2.62 bits per heavy atom. The fourth-order valence-corrected chi connectivity index (χ4v) is 3.83. The minimum Gasteiger partial charge on any atom is -0.324 e. The van der Waals surface area contributed by atoms with Gasteiger partial charge in [0.25, 0.3) is 0 Å². The highest BCUT2D eigenvalue weighted by Crippen LogP contribution is 2.38. The van der Waals surface area contributed by atoms with Crippen molar-refractivity contribution >= 4 is 10.9 Å². The topological polar surface area (TPSA) is 38.9 Å². The van der Waals surface area contributed by atoms with E-state index in [2.05, 4.69) is 49.2 Å². The zero-order valence-corrected chi connectivity index (χ0v) is 13.2. The van der Waals surface area contributed by atoms with Crippen LogP contribution in [0.1, 0.15) is 56.3 Å². The predicted molar refractivity (Wildman–Crippen MR) is 89.1 cm³/mol. The summed E-state index contributed by atoms with van der Waals surface area (Å²) in [5, 5.41) is 1.23. The van der Waals surface area contributed by atoms with Gasteiger partial charge in [-0.15, -0.1) is 0 Å². The molecule has 0 saturated heterocycles. The van der Waals surface area contributed by atoms with Crippen molar-refractivity contribution in [3.63, 3.8) is 0 Å². The second-order valence-electron chi connectivity index (χ2n) is 6.58. The summed E-state index contributed by atoms with van der Waals surface area (Å²) in [4.78, 5) is 4.63. The van der Waals surface area contributed by atoms with E-state index in [-0.39, 0.29) is 6.04 Å². The number of aromatic nitrogens is 1. The number of nitrogens with two attached hydrogens (primary N) is 1. The molecule has 2 heteroatoms. The molecule has 1 heterocycles. The summed E-state index contributed by atoms with van der Waals surface area (Å²) in [5.74, 6) is 1.54. The number of fused-ring (bicyclic) bond motifs is 1. The molecule has 2 nitrogen and oxygen atoms in total. The summed E-state index contributed by atoms with van der Waals surface area (Å²) >= 11 is 0. The lowest BCUT2D eigenvalue weighted by Crippen LogP contribution is -2.26. The van der Waals surface area contributed by atoms with Crippen molar-refractivity contribution in [1.29, 1.82) is 0 Å². The molecule has 1 aromatic heterocycles. The maximum Gasteiger partial charge on any atom is 0.0708 e. The molecule has 0 radical (unpaired) electrons. The molecule has 0 aliphatic heterocycles. The summed E-state index contributed by atoms with van der Waals surface area (Å²) in [6.45, 7) is 4.38. The summed E-state index contributed by atoms with van der Waals surface area (Å²) in [7, 11) is 0. The quantitative estimate of drug-likeness (QED) is 0.881. The number of hydrogen-bond acceptors (Lipinski definition) is 2. The molecule has 2 aromatic rings. The first kappa shape index (κ1) is 14.5. The standard InChI is InChI=1S/C19H26N2/c1-3-14-8-10-15(11-9-14)19(20)17-12-13(2)21-18-7-5-4-6-16(17)18/h4-7,12,14-15,19H,3,8-11,20H2,1-2H3. The van der Waals surface area contributed by atoms with Gasteiger partial charge in [-0.1, -0.05) is 44.4 Å². The summed E-state index contributed by atoms with van der Waals surface area (Å²) < 4.78 is 0. The van der Waals surface area contributed by atoms with Gasteiger partial charge >= 0.3 is 0 Å². The van der Waals surface area contributed by atoms with Crippen molar-refractivity contribution in [1.82, 2.24) is 4.98 Å². The largest absolute Gasteiger partial charge is 0.324 e. The van der Waals surface area contributed by atoms with Gasteiger partial charge in [-0.25, -0.2) is 0 Å². The summed E-state index contributed by atoms with van der Waals surface area (Å²) in [6.07, 6.45) is 6.55. The second kappa shape index (κ2) is 6.15. The lowest BCUT2D eigenvalue weighted by Gasteiger charge is -2.32. The zero-order chi connectivity index (χ0) is 14.8. The molecule has 112 valence electrons. The SMILES string of the molecule is CCC1CCC(C(N)c2cc(C)nc3ccccc23)CC1. The van der Waals surface area contributed by atoms with Gasteiger partial charge in [0.05, 0.1) is 5.52 Å². The highest BCUT2D eigenvalue weighted by molar-refractivity contribution is 5.82. The van der Waals surface area contributed by atoms with Crippen LogP contribution in [0.4, 0.5) is 0 Å². The van der Waals surface area contributed by atoms with Crippen LogP contribution in [0.15, 0.2) is 30.3 Å². The minimum absolute atomic E-state index is 0.148. The van der Waals surface area contributed by atoms with Crippen molar-refractivity contribution < 1.29 is 0 Å². The first-order chi connectivity index (χ1) is 10.2. The minimum atomic E-state index is 0.148. The van der Waals surface area contributed by atoms with Crippen LogP contribution in [0.3, 0.4) is 0 Å². The van der Waals surface area contributed by atoms with E-state index < -0.39 is 0 Å². The van der Waals surface area contributed by atoms with Crippen LogP contribution < -0.4 is 5.73 Å². The van der Waals surface area contributed by atoms with Gasteiger partial charge in [0.2, 0.25) is 0 Å². The molecular weight excluding hydrogens is 256 g/mol. The Bertz CT molecular complexity index is 612. The van der Waals surface area contributed by atoms with Gasteiger partial charge in [-0.3, -0.25) is 4.98 Å². The van der Waals surface area contributed by atoms with Crippen LogP contribution in [0.5, 0.6) is 0 Å². The molecule has 1 unspecified atom stereocenters. The Morgan fingerprint density at radius 2 is 1.90 bits per heavy atom. The Kier molecular flexibility index (Phi) is 4.25. The molecule has 0 amide bonds. The molecule has 3 rings (SSSR count). The Morgan fingerprint density at radius 1 is 1.19 bits per heavy atom. The predicted octanol–water partition coefficient (Wildman–Crippen LogP) is 4.76. The van der Waals surface area contributed by atoms with Crippen LogP contribution in [0.2, 0.25) is 0 Å². The highest BCUT2D eigenvalue weighted by Gasteiger charge is 2.26. The van der Waals surface area contributed by atoms with Crippen molar-refractivity contribution in [3.8, 4) is 0 Å². The maximum absolute atomic E-state index is 6.66. The summed E-state index contributed by atoms with van der Waals surface area (Å²) in [5.41, 5.74) is 10.1. The molecule has 0 bridgehead atoms. The normalized spacial score (nSPS) is 24.1. The van der Waals surface area contributed by atoms with Crippen LogP contribution >= 0.6 is 0 Å². The molecule has 1 saturated carbocycles. The Hall–Kier alpha value is -1.41. The smallest absolute Gasteiger partial charge is 0.0708 e. The van der Waals surface area contributed by atoms with E-state index in [1.165, 1.54) is 43.1 Å². The lowest BCUT2D eigenvalue weighted by atomic mass is 9.76. The van der Waals surface area contributed by atoms with E-state index in [0.717, 1.165) is 17.1 Å². The number of benzene rings is 1. The lowest BCUT2D eigenvalue weighted by molar-refractivity contribution is 0.240. The van der Waals surface area contributed by atoms with Crippen molar-refractivity contribution in [2.24, 2.45) is 17.6 Å². The highest BCUT2D eigenvalue weighted by atomic mass is 14.7. The average Bonchev–Trinajstić information content (AvgIpc) is 2.53. The van der Waals surface area contributed by atoms with Gasteiger partial charge in [-0.05, 0) is 49.3 Å². The van der Waals surface area contributed by atoms with Gasteiger partial charge in [-0.2, -0.15) is 0 Å². The molecule has 1 fully saturated rings. The van der Waals surface area contributed by atoms with Gasteiger partial charge < -0.3 is 5.73 Å². The van der Waals surface area contributed by atoms with E-state index >= 15 is 0 Å². The van der Waals surface area contributed by atoms with E-state index in [1.54, 1.807) is 0 Å². The number of para-hydroxylation sites is 1. The number of hydrogen-bond donors (Lipinski definition) is 1. The molecule has 1 aliphatic carbocycles. The molecule has 0 spiro atoms. The third-order valence-corrected chi connectivity index (χ3v) is 5.21. The van der Waals surface area contributed by atoms with E-state index in [4.69, 9.17) is 5.73 Å². The monoisotopic (exact) mass is 282 g/mol. The Balaban J connectivity index is 1.89. The molecular formula is C19H26N2. The van der Waals surface area contributed by atoms with Crippen LogP contribution in [-0.4, -0.2) is 4.98 Å². The second-order valence-corrected chi connectivity index (χ2v) is 6.58. The number of rotatable bonds is 3. The van der Waals surface area contributed by atoms with Crippen LogP contribution in [0, 0.1) is 18.8 Å². The third-order valence-electron chi connectivity index (χ3n) is 5.21. The first-order valence-electron chi connectivity index (χ1n) is 8.31. The van der Waals surface area contributed by atoms with Gasteiger partial charge in [0, 0.05) is 17.1 Å². The third kappa shape index (κ3) is 2.96. The van der Waals surface area contributed by atoms with Crippen molar-refractivity contribution in [2.45, 2.75) is 52.0 Å². The van der Waals surface area contributed by atoms with Crippen molar-refractivity contribution in [3.05, 3.63) is 41.6 Å². The number of aryl methyl sites for hydroxylation is 1. The molecule has 1 aromatic carbocycles. The molecule has 21 heavy (non-hydrogen) atoms. The number of nitrogens with zero attached hydrogens (tertiary/aromatic N) is 1. The van der Waals surface area contributed by atoms with Crippen LogP contribution in [0.25, 0.3) is 10.9 Å². The van der Waals surface area contributed by atoms with E-state index in [9.17, 15) is 0 Å². The fourth-order valence-electron chi connectivity index (χ4n) is 3.83. The summed E-state index contributed by atoms with van der Waals surface area (Å²) in [6, 6.07) is 10.7.